The molecule has 2 N–H and O–H groups in total. The predicted molar refractivity (Wildman–Crippen MR) is 60.4 cm³/mol. The topological polar surface area (TPSA) is 75.4 Å². The van der Waals surface area contributed by atoms with E-state index < -0.39 is 5.97 Å². The average molecular weight is 232 g/mol. The molecular weight excluding hydrogens is 220 g/mol. The molecule has 2 aromatic heterocycles. The van der Waals surface area contributed by atoms with Gasteiger partial charge in [-0.2, -0.15) is 0 Å². The first kappa shape index (κ1) is 11.3. The van der Waals surface area contributed by atoms with Crippen LogP contribution in [0.5, 0.6) is 0 Å². The monoisotopic (exact) mass is 232 g/mol. The fourth-order valence-electron chi connectivity index (χ4n) is 1.49. The number of nitrogens with zero attached hydrogens (tertiary/aromatic N) is 1. The van der Waals surface area contributed by atoms with E-state index in [4.69, 9.17) is 9.52 Å². The summed E-state index contributed by atoms with van der Waals surface area (Å²) in [5.41, 5.74) is 1.54. The average Bonchev–Trinajstić information content (AvgIpc) is 2.79. The van der Waals surface area contributed by atoms with Crippen molar-refractivity contribution in [2.75, 3.05) is 0 Å². The van der Waals surface area contributed by atoms with E-state index in [1.54, 1.807) is 12.3 Å². The Morgan fingerprint density at radius 2 is 2.24 bits per heavy atom. The van der Waals surface area contributed by atoms with E-state index in [0.29, 0.717) is 18.7 Å². The van der Waals surface area contributed by atoms with Crippen LogP contribution in [0.15, 0.2) is 41.1 Å². The lowest BCUT2D eigenvalue weighted by Gasteiger charge is -2.03. The number of hydrogen-bond acceptors (Lipinski definition) is 4. The number of pyridine rings is 1. The zero-order valence-corrected chi connectivity index (χ0v) is 9.09. The van der Waals surface area contributed by atoms with Gasteiger partial charge in [0, 0.05) is 24.8 Å². The van der Waals surface area contributed by atoms with Gasteiger partial charge in [-0.1, -0.05) is 6.07 Å². The van der Waals surface area contributed by atoms with Gasteiger partial charge in [-0.3, -0.25) is 4.98 Å². The van der Waals surface area contributed by atoms with E-state index in [0.717, 1.165) is 5.69 Å². The third kappa shape index (κ3) is 2.92. The lowest BCUT2D eigenvalue weighted by atomic mass is 10.2. The van der Waals surface area contributed by atoms with Gasteiger partial charge < -0.3 is 14.8 Å². The summed E-state index contributed by atoms with van der Waals surface area (Å²) in [6.45, 7) is 1.03. The predicted octanol–water partition coefficient (Wildman–Crippen LogP) is 1.66. The maximum atomic E-state index is 10.8. The Morgan fingerprint density at radius 1 is 1.35 bits per heavy atom. The summed E-state index contributed by atoms with van der Waals surface area (Å²) in [6, 6.07) is 7.31. The normalized spacial score (nSPS) is 10.4. The van der Waals surface area contributed by atoms with E-state index in [-0.39, 0.29) is 5.76 Å². The molecule has 0 saturated carbocycles. The zero-order valence-electron chi connectivity index (χ0n) is 9.09. The van der Waals surface area contributed by atoms with Crippen molar-refractivity contribution < 1.29 is 14.3 Å². The van der Waals surface area contributed by atoms with Crippen LogP contribution in [-0.2, 0) is 13.1 Å². The molecule has 0 bridgehead atoms. The molecule has 2 rings (SSSR count). The van der Waals surface area contributed by atoms with Crippen molar-refractivity contribution in [3.63, 3.8) is 0 Å². The Morgan fingerprint density at radius 3 is 2.94 bits per heavy atom. The smallest absolute Gasteiger partial charge is 0.372 e. The molecule has 0 saturated heterocycles. The van der Waals surface area contributed by atoms with Crippen molar-refractivity contribution >= 4 is 5.97 Å². The van der Waals surface area contributed by atoms with Gasteiger partial charge in [-0.25, -0.2) is 4.79 Å². The zero-order chi connectivity index (χ0) is 12.1. The van der Waals surface area contributed by atoms with Crippen molar-refractivity contribution in [1.82, 2.24) is 10.3 Å². The summed E-state index contributed by atoms with van der Waals surface area (Å²) < 4.78 is 4.87. The SMILES string of the molecule is O=C(O)c1occc1CNCc1ccccn1. The summed E-state index contributed by atoms with van der Waals surface area (Å²) in [7, 11) is 0. The third-order valence-electron chi connectivity index (χ3n) is 2.29. The van der Waals surface area contributed by atoms with Crippen molar-refractivity contribution in [2.24, 2.45) is 0 Å². The van der Waals surface area contributed by atoms with Crippen LogP contribution in [0.3, 0.4) is 0 Å². The summed E-state index contributed by atoms with van der Waals surface area (Å²) in [4.78, 5) is 14.9. The number of nitrogens with one attached hydrogen (secondary N) is 1. The molecule has 0 unspecified atom stereocenters. The van der Waals surface area contributed by atoms with Crippen LogP contribution >= 0.6 is 0 Å². The first-order chi connectivity index (χ1) is 8.27. The Bertz CT molecular complexity index is 493. The van der Waals surface area contributed by atoms with E-state index in [1.807, 2.05) is 18.2 Å². The van der Waals surface area contributed by atoms with Crippen LogP contribution in [0.25, 0.3) is 0 Å². The van der Waals surface area contributed by atoms with Crippen molar-refractivity contribution in [2.45, 2.75) is 13.1 Å². The number of furan rings is 1. The second-order valence-electron chi connectivity index (χ2n) is 3.50. The van der Waals surface area contributed by atoms with Gasteiger partial charge in [-0.15, -0.1) is 0 Å². The standard InChI is InChI=1S/C12H12N2O3/c15-12(16)11-9(4-6-17-11)7-13-8-10-3-1-2-5-14-10/h1-6,13H,7-8H2,(H,15,16). The minimum absolute atomic E-state index is 0.0153. The molecule has 0 aliphatic carbocycles. The maximum absolute atomic E-state index is 10.8. The molecule has 0 amide bonds. The molecule has 2 aromatic rings. The fourth-order valence-corrected chi connectivity index (χ4v) is 1.49. The Kier molecular flexibility index (Phi) is 3.52. The molecule has 0 aliphatic heterocycles. The highest BCUT2D eigenvalue weighted by Gasteiger charge is 2.12. The first-order valence-corrected chi connectivity index (χ1v) is 5.17. The molecule has 17 heavy (non-hydrogen) atoms. The number of hydrogen-bond donors (Lipinski definition) is 2. The highest BCUT2D eigenvalue weighted by Crippen LogP contribution is 2.10. The Hall–Kier alpha value is -2.14. The second-order valence-corrected chi connectivity index (χ2v) is 3.50. The number of aromatic carboxylic acids is 1. The maximum Gasteiger partial charge on any atom is 0.372 e. The molecular formula is C12H12N2O3. The molecule has 2 heterocycles. The number of rotatable bonds is 5. The van der Waals surface area contributed by atoms with Crippen LogP contribution in [0.4, 0.5) is 0 Å². The van der Waals surface area contributed by atoms with Crippen LogP contribution in [-0.4, -0.2) is 16.1 Å². The molecule has 5 nitrogen and oxygen atoms in total. The number of carboxylic acid groups (broad SMARTS) is 1. The summed E-state index contributed by atoms with van der Waals surface area (Å²) in [6.07, 6.45) is 3.10. The van der Waals surface area contributed by atoms with Crippen LogP contribution in [0, 0.1) is 0 Å². The van der Waals surface area contributed by atoms with Crippen LogP contribution < -0.4 is 5.32 Å². The number of carbonyl (C=O) groups is 1. The third-order valence-corrected chi connectivity index (χ3v) is 2.29. The van der Waals surface area contributed by atoms with E-state index in [2.05, 4.69) is 10.3 Å². The number of carboxylic acids is 1. The van der Waals surface area contributed by atoms with Crippen molar-refractivity contribution in [3.8, 4) is 0 Å². The molecule has 0 fully saturated rings. The van der Waals surface area contributed by atoms with Gasteiger partial charge in [0.2, 0.25) is 5.76 Å². The fraction of sp³-hybridized carbons (Fsp3) is 0.167. The van der Waals surface area contributed by atoms with E-state index in [1.165, 1.54) is 6.26 Å². The summed E-state index contributed by atoms with van der Waals surface area (Å²) in [5.74, 6) is -1.07. The van der Waals surface area contributed by atoms with Crippen LogP contribution in [0.1, 0.15) is 21.8 Å². The molecule has 0 atom stereocenters. The van der Waals surface area contributed by atoms with Crippen LogP contribution in [0.2, 0.25) is 0 Å². The van der Waals surface area contributed by atoms with Gasteiger partial charge in [0.1, 0.15) is 0 Å². The summed E-state index contributed by atoms with van der Waals surface area (Å²) >= 11 is 0. The quantitative estimate of drug-likeness (QED) is 0.820. The molecule has 0 radical (unpaired) electrons. The van der Waals surface area contributed by atoms with Crippen molar-refractivity contribution in [3.05, 3.63) is 53.7 Å². The van der Waals surface area contributed by atoms with Crippen molar-refractivity contribution in [1.29, 1.82) is 0 Å². The molecule has 0 aliphatic rings. The highest BCUT2D eigenvalue weighted by molar-refractivity contribution is 5.86. The highest BCUT2D eigenvalue weighted by atomic mass is 16.4. The Balaban J connectivity index is 1.90. The van der Waals surface area contributed by atoms with Gasteiger partial charge in [0.15, 0.2) is 0 Å². The van der Waals surface area contributed by atoms with E-state index >= 15 is 0 Å². The first-order valence-electron chi connectivity index (χ1n) is 5.17. The van der Waals surface area contributed by atoms with Gasteiger partial charge in [0.25, 0.3) is 0 Å². The molecule has 88 valence electrons. The summed E-state index contributed by atoms with van der Waals surface area (Å²) in [5, 5.41) is 12.0. The van der Waals surface area contributed by atoms with Gasteiger partial charge in [-0.05, 0) is 18.2 Å². The van der Waals surface area contributed by atoms with E-state index in [9.17, 15) is 4.79 Å². The molecule has 0 spiro atoms. The van der Waals surface area contributed by atoms with Gasteiger partial charge in [0.05, 0.1) is 12.0 Å². The lowest BCUT2D eigenvalue weighted by Crippen LogP contribution is -2.15. The largest absolute Gasteiger partial charge is 0.475 e. The minimum Gasteiger partial charge on any atom is -0.475 e. The molecule has 5 heteroatoms. The Labute approximate surface area is 98.1 Å². The number of aromatic nitrogens is 1. The lowest BCUT2D eigenvalue weighted by molar-refractivity contribution is 0.0660. The second kappa shape index (κ2) is 5.27. The minimum atomic E-state index is -1.05. The molecule has 0 aromatic carbocycles. The van der Waals surface area contributed by atoms with Gasteiger partial charge >= 0.3 is 5.97 Å².